The smallest absolute Gasteiger partial charge is 0.305 e. The molecule has 1 N–H and O–H groups in total. The van der Waals surface area contributed by atoms with Crippen molar-refractivity contribution in [2.75, 3.05) is 0 Å². The van der Waals surface area contributed by atoms with E-state index in [-0.39, 0.29) is 5.69 Å². The number of aromatic nitrogens is 5. The summed E-state index contributed by atoms with van der Waals surface area (Å²) >= 11 is 0. The van der Waals surface area contributed by atoms with Crippen molar-refractivity contribution in [1.29, 1.82) is 0 Å². The number of rotatable bonds is 1. The maximum atomic E-state index is 12.0. The van der Waals surface area contributed by atoms with Gasteiger partial charge in [0.25, 0.3) is 0 Å². The molecule has 0 unspecified atom stereocenters. The molecule has 3 heterocycles. The Morgan fingerprint density at radius 3 is 2.70 bits per heavy atom. The standard InChI is InChI=1S/C14H9N5O/c20-14-16-11-4-2-1-3-10(11)13-17-12(18-19(13)14)9-5-7-15-8-6-9/h1-8H,(H,16,20). The van der Waals surface area contributed by atoms with Crippen LogP contribution >= 0.6 is 0 Å². The first-order valence-electron chi connectivity index (χ1n) is 6.11. The Hall–Kier alpha value is -3.02. The van der Waals surface area contributed by atoms with Gasteiger partial charge in [0, 0.05) is 23.3 Å². The van der Waals surface area contributed by atoms with Crippen LogP contribution in [0.3, 0.4) is 0 Å². The van der Waals surface area contributed by atoms with Crippen molar-refractivity contribution >= 4 is 16.6 Å². The van der Waals surface area contributed by atoms with Crippen molar-refractivity contribution in [3.63, 3.8) is 0 Å². The minimum atomic E-state index is -0.300. The van der Waals surface area contributed by atoms with Crippen LogP contribution in [0.4, 0.5) is 0 Å². The largest absolute Gasteiger partial charge is 0.348 e. The van der Waals surface area contributed by atoms with E-state index >= 15 is 0 Å². The molecule has 96 valence electrons. The van der Waals surface area contributed by atoms with E-state index in [9.17, 15) is 4.79 Å². The van der Waals surface area contributed by atoms with Crippen LogP contribution in [0.5, 0.6) is 0 Å². The number of para-hydroxylation sites is 1. The van der Waals surface area contributed by atoms with Crippen LogP contribution < -0.4 is 5.69 Å². The lowest BCUT2D eigenvalue weighted by molar-refractivity contribution is 0.885. The predicted molar refractivity (Wildman–Crippen MR) is 74.3 cm³/mol. The number of benzene rings is 1. The summed E-state index contributed by atoms with van der Waals surface area (Å²) in [5.74, 6) is 0.509. The summed E-state index contributed by atoms with van der Waals surface area (Å²) in [5.41, 5.74) is 1.83. The molecule has 0 saturated heterocycles. The number of hydrogen-bond donors (Lipinski definition) is 1. The maximum Gasteiger partial charge on any atom is 0.348 e. The molecule has 0 bridgehead atoms. The first-order chi connectivity index (χ1) is 9.83. The normalized spacial score (nSPS) is 11.2. The Morgan fingerprint density at radius 2 is 1.85 bits per heavy atom. The van der Waals surface area contributed by atoms with Crippen molar-refractivity contribution in [3.8, 4) is 11.4 Å². The van der Waals surface area contributed by atoms with E-state index in [0.717, 1.165) is 16.5 Å². The number of nitrogens with one attached hydrogen (secondary N) is 1. The molecule has 1 aromatic carbocycles. The Labute approximate surface area is 112 Å². The predicted octanol–water partition coefficient (Wildman–Crippen LogP) is 1.63. The second-order valence-corrected chi connectivity index (χ2v) is 4.38. The molecule has 0 radical (unpaired) electrons. The van der Waals surface area contributed by atoms with Crippen molar-refractivity contribution in [1.82, 2.24) is 24.6 Å². The number of pyridine rings is 1. The quantitative estimate of drug-likeness (QED) is 0.566. The van der Waals surface area contributed by atoms with E-state index in [1.54, 1.807) is 12.4 Å². The molecular formula is C14H9N5O. The van der Waals surface area contributed by atoms with E-state index in [2.05, 4.69) is 20.1 Å². The van der Waals surface area contributed by atoms with E-state index in [1.165, 1.54) is 4.52 Å². The Bertz CT molecular complexity index is 971. The zero-order chi connectivity index (χ0) is 13.5. The SMILES string of the molecule is O=c1[nH]c2ccccc2c2nc(-c3ccncc3)nn12. The van der Waals surface area contributed by atoms with E-state index in [1.807, 2.05) is 36.4 Å². The average molecular weight is 263 g/mol. The van der Waals surface area contributed by atoms with Gasteiger partial charge in [-0.3, -0.25) is 4.98 Å². The lowest BCUT2D eigenvalue weighted by Gasteiger charge is -1.97. The third kappa shape index (κ3) is 1.51. The molecule has 0 spiro atoms. The lowest BCUT2D eigenvalue weighted by Crippen LogP contribution is -2.17. The average Bonchev–Trinajstić information content (AvgIpc) is 2.94. The van der Waals surface area contributed by atoms with Crippen LogP contribution in [-0.4, -0.2) is 24.6 Å². The first kappa shape index (κ1) is 10.9. The molecule has 6 nitrogen and oxygen atoms in total. The second-order valence-electron chi connectivity index (χ2n) is 4.38. The van der Waals surface area contributed by atoms with Crippen molar-refractivity contribution < 1.29 is 0 Å². The molecule has 0 amide bonds. The van der Waals surface area contributed by atoms with Crippen LogP contribution in [0.1, 0.15) is 0 Å². The lowest BCUT2D eigenvalue weighted by atomic mass is 10.2. The second kappa shape index (κ2) is 3.99. The first-order valence-corrected chi connectivity index (χ1v) is 6.11. The van der Waals surface area contributed by atoms with Gasteiger partial charge in [0.15, 0.2) is 11.5 Å². The molecule has 4 rings (SSSR count). The minimum Gasteiger partial charge on any atom is -0.305 e. The van der Waals surface area contributed by atoms with Crippen LogP contribution in [0.2, 0.25) is 0 Å². The summed E-state index contributed by atoms with van der Waals surface area (Å²) in [6.45, 7) is 0. The summed E-state index contributed by atoms with van der Waals surface area (Å²) in [7, 11) is 0. The number of H-pyrrole nitrogens is 1. The molecule has 4 aromatic rings. The van der Waals surface area contributed by atoms with Gasteiger partial charge >= 0.3 is 5.69 Å². The maximum absolute atomic E-state index is 12.0. The summed E-state index contributed by atoms with van der Waals surface area (Å²) in [4.78, 5) is 23.3. The van der Waals surface area contributed by atoms with Gasteiger partial charge in [-0.2, -0.15) is 4.52 Å². The fourth-order valence-electron chi connectivity index (χ4n) is 2.21. The van der Waals surface area contributed by atoms with Gasteiger partial charge in [-0.05, 0) is 24.3 Å². The highest BCUT2D eigenvalue weighted by molar-refractivity contribution is 5.91. The molecule has 6 heteroatoms. The molecule has 0 fully saturated rings. The minimum absolute atomic E-state index is 0.300. The zero-order valence-corrected chi connectivity index (χ0v) is 10.3. The Kier molecular flexibility index (Phi) is 2.17. The number of aromatic amines is 1. The summed E-state index contributed by atoms with van der Waals surface area (Å²) in [6, 6.07) is 11.1. The fourth-order valence-corrected chi connectivity index (χ4v) is 2.21. The van der Waals surface area contributed by atoms with Crippen LogP contribution in [-0.2, 0) is 0 Å². The van der Waals surface area contributed by atoms with Crippen molar-refractivity contribution in [2.24, 2.45) is 0 Å². The van der Waals surface area contributed by atoms with E-state index in [0.29, 0.717) is 11.5 Å². The molecule has 0 aliphatic rings. The van der Waals surface area contributed by atoms with E-state index in [4.69, 9.17) is 0 Å². The molecule has 3 aromatic heterocycles. The molecule has 0 aliphatic heterocycles. The fraction of sp³-hybridized carbons (Fsp3) is 0. The summed E-state index contributed by atoms with van der Waals surface area (Å²) < 4.78 is 1.29. The number of nitrogens with zero attached hydrogens (tertiary/aromatic N) is 4. The van der Waals surface area contributed by atoms with Gasteiger partial charge in [-0.1, -0.05) is 12.1 Å². The molecule has 0 aliphatic carbocycles. The summed E-state index contributed by atoms with van der Waals surface area (Å²) in [5, 5.41) is 5.13. The molecule has 0 saturated carbocycles. The van der Waals surface area contributed by atoms with Gasteiger partial charge in [0.05, 0.1) is 5.52 Å². The summed E-state index contributed by atoms with van der Waals surface area (Å²) in [6.07, 6.45) is 3.34. The topological polar surface area (TPSA) is 75.9 Å². The number of fused-ring (bicyclic) bond motifs is 3. The molecular weight excluding hydrogens is 254 g/mol. The van der Waals surface area contributed by atoms with Gasteiger partial charge in [0.2, 0.25) is 0 Å². The highest BCUT2D eigenvalue weighted by Crippen LogP contribution is 2.18. The Balaban J connectivity index is 2.11. The van der Waals surface area contributed by atoms with Crippen LogP contribution in [0, 0.1) is 0 Å². The van der Waals surface area contributed by atoms with Gasteiger partial charge in [-0.15, -0.1) is 5.10 Å². The van der Waals surface area contributed by atoms with Crippen LogP contribution in [0.15, 0.2) is 53.6 Å². The molecule has 0 atom stereocenters. The van der Waals surface area contributed by atoms with Gasteiger partial charge < -0.3 is 4.98 Å². The Morgan fingerprint density at radius 1 is 1.05 bits per heavy atom. The van der Waals surface area contributed by atoms with Crippen molar-refractivity contribution in [2.45, 2.75) is 0 Å². The highest BCUT2D eigenvalue weighted by Gasteiger charge is 2.11. The van der Waals surface area contributed by atoms with E-state index < -0.39 is 0 Å². The van der Waals surface area contributed by atoms with Gasteiger partial charge in [0.1, 0.15) is 0 Å². The third-order valence-electron chi connectivity index (χ3n) is 3.15. The van der Waals surface area contributed by atoms with Crippen molar-refractivity contribution in [3.05, 3.63) is 59.3 Å². The monoisotopic (exact) mass is 263 g/mol. The van der Waals surface area contributed by atoms with Crippen LogP contribution in [0.25, 0.3) is 27.9 Å². The van der Waals surface area contributed by atoms with Gasteiger partial charge in [-0.25, -0.2) is 9.78 Å². The molecule has 20 heavy (non-hydrogen) atoms. The zero-order valence-electron chi connectivity index (χ0n) is 10.3. The third-order valence-corrected chi connectivity index (χ3v) is 3.15. The number of hydrogen-bond acceptors (Lipinski definition) is 4. The highest BCUT2D eigenvalue weighted by atomic mass is 16.1.